The Balaban J connectivity index is 2.37. The molecule has 2 aromatic rings. The lowest BCUT2D eigenvalue weighted by molar-refractivity contribution is 0.310. The van der Waals surface area contributed by atoms with E-state index >= 15 is 0 Å². The third-order valence-corrected chi connectivity index (χ3v) is 3.27. The Kier molecular flexibility index (Phi) is 3.98. The van der Waals surface area contributed by atoms with Gasteiger partial charge in [-0.25, -0.2) is 0 Å². The summed E-state index contributed by atoms with van der Waals surface area (Å²) < 4.78 is 6.95. The van der Waals surface area contributed by atoms with Gasteiger partial charge < -0.3 is 4.74 Å². The van der Waals surface area contributed by atoms with E-state index in [1.54, 1.807) is 0 Å². The van der Waals surface area contributed by atoms with Gasteiger partial charge in [0.2, 0.25) is 0 Å². The van der Waals surface area contributed by atoms with E-state index in [0.29, 0.717) is 0 Å². The molecule has 1 aromatic heterocycles. The molecule has 0 atom stereocenters. The molecule has 0 saturated heterocycles. The lowest BCUT2D eigenvalue weighted by Crippen LogP contribution is -1.99. The monoisotopic (exact) mass is 327 g/mol. The molecule has 1 aromatic carbocycles. The summed E-state index contributed by atoms with van der Waals surface area (Å²) in [5.41, 5.74) is 0.963. The van der Waals surface area contributed by atoms with E-state index in [1.165, 1.54) is 0 Å². The molecule has 0 amide bonds. The number of nitrogens with zero attached hydrogens (tertiary/aromatic N) is 1. The molecule has 0 bridgehead atoms. The van der Waals surface area contributed by atoms with Gasteiger partial charge in [0.1, 0.15) is 5.52 Å². The summed E-state index contributed by atoms with van der Waals surface area (Å²) in [5.74, 6) is 0.923. The van der Waals surface area contributed by atoms with Gasteiger partial charge in [0, 0.05) is 11.6 Å². The van der Waals surface area contributed by atoms with Crippen molar-refractivity contribution in [1.82, 2.24) is 4.98 Å². The third-order valence-electron chi connectivity index (χ3n) is 2.42. The molecular weight excluding hydrogens is 313 g/mol. The van der Waals surface area contributed by atoms with Crippen LogP contribution < -0.4 is 4.74 Å². The zero-order chi connectivity index (χ0) is 11.4. The van der Waals surface area contributed by atoms with Crippen LogP contribution in [-0.4, -0.2) is 11.6 Å². The number of hydrogen-bond acceptors (Lipinski definition) is 2. The van der Waals surface area contributed by atoms with Gasteiger partial charge in [-0.3, -0.25) is 4.98 Å². The van der Waals surface area contributed by atoms with E-state index in [9.17, 15) is 0 Å². The molecule has 1 heterocycles. The SMILES string of the molecule is CCCCOc1c(I)ccc2cccnc12. The van der Waals surface area contributed by atoms with Gasteiger partial charge in [-0.05, 0) is 41.1 Å². The second-order valence-corrected chi connectivity index (χ2v) is 4.82. The molecule has 0 spiro atoms. The minimum absolute atomic E-state index is 0.766. The third kappa shape index (κ3) is 2.45. The van der Waals surface area contributed by atoms with Crippen LogP contribution in [0.5, 0.6) is 5.75 Å². The highest BCUT2D eigenvalue weighted by atomic mass is 127. The molecular formula is C13H14INO. The number of rotatable bonds is 4. The molecule has 0 aliphatic carbocycles. The van der Waals surface area contributed by atoms with E-state index < -0.39 is 0 Å². The smallest absolute Gasteiger partial charge is 0.158 e. The van der Waals surface area contributed by atoms with Crippen LogP contribution in [0, 0.1) is 3.57 Å². The van der Waals surface area contributed by atoms with Crippen LogP contribution in [0.2, 0.25) is 0 Å². The molecule has 0 radical (unpaired) electrons. The number of benzene rings is 1. The topological polar surface area (TPSA) is 22.1 Å². The van der Waals surface area contributed by atoms with Crippen molar-refractivity contribution in [1.29, 1.82) is 0 Å². The fourth-order valence-corrected chi connectivity index (χ4v) is 2.14. The van der Waals surface area contributed by atoms with E-state index in [4.69, 9.17) is 4.74 Å². The van der Waals surface area contributed by atoms with Crippen molar-refractivity contribution in [2.45, 2.75) is 19.8 Å². The summed E-state index contributed by atoms with van der Waals surface area (Å²) in [7, 11) is 0. The van der Waals surface area contributed by atoms with Crippen LogP contribution in [0.25, 0.3) is 10.9 Å². The van der Waals surface area contributed by atoms with Crippen LogP contribution in [0.1, 0.15) is 19.8 Å². The summed E-state index contributed by atoms with van der Waals surface area (Å²) in [6.07, 6.45) is 4.04. The Bertz CT molecular complexity index is 484. The molecule has 0 aliphatic heterocycles. The number of aromatic nitrogens is 1. The van der Waals surface area contributed by atoms with E-state index in [2.05, 4.69) is 52.7 Å². The largest absolute Gasteiger partial charge is 0.490 e. The molecule has 3 heteroatoms. The summed E-state index contributed by atoms with van der Waals surface area (Å²) in [6.45, 7) is 2.93. The molecule has 0 fully saturated rings. The zero-order valence-electron chi connectivity index (χ0n) is 9.24. The van der Waals surface area contributed by atoms with Crippen molar-refractivity contribution in [3.63, 3.8) is 0 Å². The van der Waals surface area contributed by atoms with Gasteiger partial charge in [-0.15, -0.1) is 0 Å². The number of fused-ring (bicyclic) bond motifs is 1. The van der Waals surface area contributed by atoms with Crippen molar-refractivity contribution in [3.05, 3.63) is 34.0 Å². The number of unbranched alkanes of at least 4 members (excludes halogenated alkanes) is 1. The van der Waals surface area contributed by atoms with Gasteiger partial charge in [0.15, 0.2) is 5.75 Å². The van der Waals surface area contributed by atoms with Crippen LogP contribution in [-0.2, 0) is 0 Å². The average Bonchev–Trinajstić information content (AvgIpc) is 2.32. The predicted octanol–water partition coefficient (Wildman–Crippen LogP) is 4.02. The molecule has 2 rings (SSSR count). The maximum atomic E-state index is 5.82. The standard InChI is InChI=1S/C13H14INO/c1-2-3-9-16-13-11(14)7-6-10-5-4-8-15-12(10)13/h4-8H,2-3,9H2,1H3. The van der Waals surface area contributed by atoms with Crippen molar-refractivity contribution in [3.8, 4) is 5.75 Å². The lowest BCUT2D eigenvalue weighted by atomic mass is 10.2. The van der Waals surface area contributed by atoms with Crippen molar-refractivity contribution in [2.24, 2.45) is 0 Å². The summed E-state index contributed by atoms with van der Waals surface area (Å²) in [5, 5.41) is 1.13. The number of pyridine rings is 1. The lowest BCUT2D eigenvalue weighted by Gasteiger charge is -2.10. The molecule has 16 heavy (non-hydrogen) atoms. The Morgan fingerprint density at radius 2 is 2.19 bits per heavy atom. The Morgan fingerprint density at radius 3 is 3.00 bits per heavy atom. The zero-order valence-corrected chi connectivity index (χ0v) is 11.4. The Hall–Kier alpha value is -0.840. The van der Waals surface area contributed by atoms with Crippen LogP contribution in [0.15, 0.2) is 30.5 Å². The highest BCUT2D eigenvalue weighted by molar-refractivity contribution is 14.1. The Labute approximate surface area is 109 Å². The highest BCUT2D eigenvalue weighted by Crippen LogP contribution is 2.29. The summed E-state index contributed by atoms with van der Waals surface area (Å²) in [6, 6.07) is 8.17. The first-order chi connectivity index (χ1) is 7.83. The van der Waals surface area contributed by atoms with Crippen molar-refractivity contribution >= 4 is 33.5 Å². The second kappa shape index (κ2) is 5.48. The number of halogens is 1. The number of hydrogen-bond donors (Lipinski definition) is 0. The molecule has 84 valence electrons. The number of ether oxygens (including phenoxy) is 1. The molecule has 2 nitrogen and oxygen atoms in total. The Morgan fingerprint density at radius 1 is 1.31 bits per heavy atom. The summed E-state index contributed by atoms with van der Waals surface area (Å²) >= 11 is 2.30. The van der Waals surface area contributed by atoms with Gasteiger partial charge in [0.25, 0.3) is 0 Å². The van der Waals surface area contributed by atoms with Crippen molar-refractivity contribution in [2.75, 3.05) is 6.61 Å². The van der Waals surface area contributed by atoms with Crippen LogP contribution in [0.3, 0.4) is 0 Å². The molecule has 0 N–H and O–H groups in total. The first kappa shape index (κ1) is 11.6. The van der Waals surface area contributed by atoms with E-state index in [1.807, 2.05) is 12.3 Å². The van der Waals surface area contributed by atoms with Crippen LogP contribution in [0.4, 0.5) is 0 Å². The van der Waals surface area contributed by atoms with Gasteiger partial charge >= 0.3 is 0 Å². The first-order valence-corrected chi connectivity index (χ1v) is 6.57. The second-order valence-electron chi connectivity index (χ2n) is 3.65. The van der Waals surface area contributed by atoms with E-state index in [0.717, 1.165) is 39.7 Å². The minimum Gasteiger partial charge on any atom is -0.490 e. The molecule has 0 saturated carbocycles. The average molecular weight is 327 g/mol. The fraction of sp³-hybridized carbons (Fsp3) is 0.308. The van der Waals surface area contributed by atoms with Gasteiger partial charge in [-0.1, -0.05) is 25.5 Å². The molecule has 0 aliphatic rings. The maximum Gasteiger partial charge on any atom is 0.158 e. The van der Waals surface area contributed by atoms with Gasteiger partial charge in [-0.2, -0.15) is 0 Å². The minimum atomic E-state index is 0.766. The van der Waals surface area contributed by atoms with Crippen LogP contribution >= 0.6 is 22.6 Å². The fourth-order valence-electron chi connectivity index (χ4n) is 1.55. The summed E-state index contributed by atoms with van der Waals surface area (Å²) in [4.78, 5) is 4.39. The quantitative estimate of drug-likeness (QED) is 0.625. The van der Waals surface area contributed by atoms with Crippen molar-refractivity contribution < 1.29 is 4.74 Å². The first-order valence-electron chi connectivity index (χ1n) is 5.49. The molecule has 0 unspecified atom stereocenters. The van der Waals surface area contributed by atoms with Gasteiger partial charge in [0.05, 0.1) is 10.2 Å². The normalized spacial score (nSPS) is 10.6. The maximum absolute atomic E-state index is 5.82. The highest BCUT2D eigenvalue weighted by Gasteiger charge is 2.07. The predicted molar refractivity (Wildman–Crippen MR) is 74.9 cm³/mol. The van der Waals surface area contributed by atoms with E-state index in [-0.39, 0.29) is 0 Å².